The van der Waals surface area contributed by atoms with Crippen molar-refractivity contribution < 1.29 is 0 Å². The van der Waals surface area contributed by atoms with E-state index >= 15 is 0 Å². The van der Waals surface area contributed by atoms with Gasteiger partial charge in [0.15, 0.2) is 0 Å². The summed E-state index contributed by atoms with van der Waals surface area (Å²) in [4.78, 5) is 5.67. The van der Waals surface area contributed by atoms with E-state index in [1.165, 1.54) is 4.88 Å². The lowest BCUT2D eigenvalue weighted by molar-refractivity contribution is 0.671. The van der Waals surface area contributed by atoms with Crippen molar-refractivity contribution in [2.75, 3.05) is 0 Å². The number of hydrogen-bond acceptors (Lipinski definition) is 5. The van der Waals surface area contributed by atoms with Crippen LogP contribution in [-0.4, -0.2) is 20.0 Å². The van der Waals surface area contributed by atoms with E-state index in [0.717, 1.165) is 30.2 Å². The summed E-state index contributed by atoms with van der Waals surface area (Å²) in [7, 11) is 1.87. The standard InChI is InChI=1S/C10H15N5S/c1-3-9-5-12-10(16-9)6-11-4-8-7-15(2)14-13-8/h5,7,11H,3-4,6H2,1-2H3. The van der Waals surface area contributed by atoms with E-state index in [-0.39, 0.29) is 0 Å². The molecule has 0 saturated heterocycles. The molecule has 0 fully saturated rings. The van der Waals surface area contributed by atoms with Crippen LogP contribution in [-0.2, 0) is 26.6 Å². The first-order valence-electron chi connectivity index (χ1n) is 5.27. The van der Waals surface area contributed by atoms with E-state index in [1.54, 1.807) is 16.0 Å². The van der Waals surface area contributed by atoms with Crippen molar-refractivity contribution in [1.29, 1.82) is 0 Å². The number of nitrogens with one attached hydrogen (secondary N) is 1. The van der Waals surface area contributed by atoms with E-state index in [0.29, 0.717) is 0 Å². The van der Waals surface area contributed by atoms with Gasteiger partial charge in [0.05, 0.1) is 5.69 Å². The predicted octanol–water partition coefficient (Wildman–Crippen LogP) is 1.12. The Hall–Kier alpha value is -1.27. The Morgan fingerprint density at radius 3 is 2.94 bits per heavy atom. The number of aryl methyl sites for hydroxylation is 2. The first kappa shape index (κ1) is 11.2. The molecule has 0 bridgehead atoms. The van der Waals surface area contributed by atoms with Crippen molar-refractivity contribution in [3.8, 4) is 0 Å². The molecule has 6 heteroatoms. The maximum atomic E-state index is 4.34. The summed E-state index contributed by atoms with van der Waals surface area (Å²) in [5.41, 5.74) is 0.953. The quantitative estimate of drug-likeness (QED) is 0.847. The molecule has 5 nitrogen and oxygen atoms in total. The molecule has 0 atom stereocenters. The maximum Gasteiger partial charge on any atom is 0.107 e. The molecule has 0 spiro atoms. The molecule has 2 aromatic heterocycles. The fourth-order valence-electron chi connectivity index (χ4n) is 1.37. The highest BCUT2D eigenvalue weighted by atomic mass is 32.1. The van der Waals surface area contributed by atoms with Crippen LogP contribution >= 0.6 is 11.3 Å². The Balaban J connectivity index is 1.79. The highest BCUT2D eigenvalue weighted by molar-refractivity contribution is 7.11. The molecule has 0 radical (unpaired) electrons. The van der Waals surface area contributed by atoms with Gasteiger partial charge in [0.25, 0.3) is 0 Å². The van der Waals surface area contributed by atoms with Crippen molar-refractivity contribution >= 4 is 11.3 Å². The molecule has 2 rings (SSSR count). The maximum absolute atomic E-state index is 4.34. The summed E-state index contributed by atoms with van der Waals surface area (Å²) < 4.78 is 1.70. The molecule has 16 heavy (non-hydrogen) atoms. The van der Waals surface area contributed by atoms with Gasteiger partial charge in [-0.05, 0) is 6.42 Å². The molecule has 0 unspecified atom stereocenters. The minimum atomic E-state index is 0.731. The van der Waals surface area contributed by atoms with Gasteiger partial charge >= 0.3 is 0 Å². The molecule has 1 N–H and O–H groups in total. The molecule has 0 aliphatic carbocycles. The minimum Gasteiger partial charge on any atom is -0.305 e. The molecule has 2 aromatic rings. The van der Waals surface area contributed by atoms with Gasteiger partial charge in [0, 0.05) is 37.4 Å². The normalized spacial score (nSPS) is 10.9. The number of thiazole rings is 1. The van der Waals surface area contributed by atoms with E-state index in [9.17, 15) is 0 Å². The molecule has 2 heterocycles. The second kappa shape index (κ2) is 5.18. The van der Waals surface area contributed by atoms with Gasteiger partial charge in [-0.25, -0.2) is 4.98 Å². The third-order valence-corrected chi connectivity index (χ3v) is 3.32. The number of nitrogens with zero attached hydrogens (tertiary/aromatic N) is 4. The summed E-state index contributed by atoms with van der Waals surface area (Å²) in [6.07, 6.45) is 4.91. The zero-order chi connectivity index (χ0) is 11.4. The molecule has 0 aromatic carbocycles. The van der Waals surface area contributed by atoms with Crippen LogP contribution in [0.5, 0.6) is 0 Å². The average molecular weight is 237 g/mol. The summed E-state index contributed by atoms with van der Waals surface area (Å²) in [5.74, 6) is 0. The Morgan fingerprint density at radius 1 is 1.44 bits per heavy atom. The SMILES string of the molecule is CCc1cnc(CNCc2cn(C)nn2)s1. The van der Waals surface area contributed by atoms with E-state index in [1.807, 2.05) is 19.4 Å². The Bertz CT molecular complexity index is 448. The van der Waals surface area contributed by atoms with Crippen LogP contribution in [0.15, 0.2) is 12.4 Å². The van der Waals surface area contributed by atoms with Crippen molar-refractivity contribution in [3.63, 3.8) is 0 Å². The third-order valence-electron chi connectivity index (χ3n) is 2.18. The highest BCUT2D eigenvalue weighted by Crippen LogP contribution is 2.12. The third kappa shape index (κ3) is 2.86. The Labute approximate surface area is 98.5 Å². The topological polar surface area (TPSA) is 55.6 Å². The zero-order valence-corrected chi connectivity index (χ0v) is 10.3. The van der Waals surface area contributed by atoms with Gasteiger partial charge in [-0.3, -0.25) is 4.68 Å². The predicted molar refractivity (Wildman–Crippen MR) is 63.0 cm³/mol. The van der Waals surface area contributed by atoms with Gasteiger partial charge in [0.2, 0.25) is 0 Å². The first-order chi connectivity index (χ1) is 7.78. The van der Waals surface area contributed by atoms with Crippen LogP contribution < -0.4 is 5.32 Å². The lowest BCUT2D eigenvalue weighted by Crippen LogP contribution is -2.12. The van der Waals surface area contributed by atoms with E-state index in [2.05, 4.69) is 27.5 Å². The van der Waals surface area contributed by atoms with Crippen molar-refractivity contribution in [1.82, 2.24) is 25.3 Å². The molecule has 0 aliphatic heterocycles. The fraction of sp³-hybridized carbons (Fsp3) is 0.500. The number of hydrogen-bond donors (Lipinski definition) is 1. The lowest BCUT2D eigenvalue weighted by atomic mass is 10.4. The van der Waals surface area contributed by atoms with Gasteiger partial charge in [-0.15, -0.1) is 16.4 Å². The van der Waals surface area contributed by atoms with Crippen molar-refractivity contribution in [3.05, 3.63) is 28.0 Å². The smallest absolute Gasteiger partial charge is 0.107 e. The monoisotopic (exact) mass is 237 g/mol. The van der Waals surface area contributed by atoms with Crippen LogP contribution in [0.1, 0.15) is 22.5 Å². The highest BCUT2D eigenvalue weighted by Gasteiger charge is 2.01. The fourth-order valence-corrected chi connectivity index (χ4v) is 2.20. The van der Waals surface area contributed by atoms with Crippen LogP contribution in [0.4, 0.5) is 0 Å². The summed E-state index contributed by atoms with van der Waals surface area (Å²) in [5, 5.41) is 12.3. The minimum absolute atomic E-state index is 0.731. The van der Waals surface area contributed by atoms with Gasteiger partial charge in [-0.1, -0.05) is 12.1 Å². The number of aromatic nitrogens is 4. The molecular formula is C10H15N5S. The Morgan fingerprint density at radius 2 is 2.31 bits per heavy atom. The first-order valence-corrected chi connectivity index (χ1v) is 6.09. The average Bonchev–Trinajstić information content (AvgIpc) is 2.88. The van der Waals surface area contributed by atoms with Crippen LogP contribution in [0.3, 0.4) is 0 Å². The second-order valence-electron chi connectivity index (χ2n) is 3.56. The summed E-state index contributed by atoms with van der Waals surface area (Å²) in [6, 6.07) is 0. The summed E-state index contributed by atoms with van der Waals surface area (Å²) >= 11 is 1.76. The Kier molecular flexibility index (Phi) is 3.63. The van der Waals surface area contributed by atoms with Crippen LogP contribution in [0, 0.1) is 0 Å². The number of rotatable bonds is 5. The second-order valence-corrected chi connectivity index (χ2v) is 4.76. The van der Waals surface area contributed by atoms with E-state index in [4.69, 9.17) is 0 Å². The summed E-state index contributed by atoms with van der Waals surface area (Å²) in [6.45, 7) is 3.67. The molecular weight excluding hydrogens is 222 g/mol. The zero-order valence-electron chi connectivity index (χ0n) is 9.47. The lowest BCUT2D eigenvalue weighted by Gasteiger charge is -1.97. The largest absolute Gasteiger partial charge is 0.305 e. The molecule has 86 valence electrons. The van der Waals surface area contributed by atoms with Gasteiger partial charge < -0.3 is 5.32 Å². The van der Waals surface area contributed by atoms with Crippen molar-refractivity contribution in [2.45, 2.75) is 26.4 Å². The van der Waals surface area contributed by atoms with Gasteiger partial charge in [0.1, 0.15) is 5.01 Å². The van der Waals surface area contributed by atoms with Crippen LogP contribution in [0.25, 0.3) is 0 Å². The van der Waals surface area contributed by atoms with Crippen LogP contribution in [0.2, 0.25) is 0 Å². The van der Waals surface area contributed by atoms with E-state index < -0.39 is 0 Å². The molecule has 0 aliphatic rings. The van der Waals surface area contributed by atoms with Crippen molar-refractivity contribution in [2.24, 2.45) is 7.05 Å². The van der Waals surface area contributed by atoms with Gasteiger partial charge in [-0.2, -0.15) is 0 Å². The molecule has 0 amide bonds. The molecule has 0 saturated carbocycles.